The second-order valence-electron chi connectivity index (χ2n) is 2.16. The fraction of sp³-hybridized carbons (Fsp3) is 0.750. The maximum Gasteiger partial charge on any atom is 0.0518 e. The Morgan fingerprint density at radius 2 is 1.67 bits per heavy atom. The molecule has 0 saturated heterocycles. The molecule has 1 nitrogen and oxygen atoms in total. The summed E-state index contributed by atoms with van der Waals surface area (Å²) in [5, 5.41) is 0. The third-order valence-corrected chi connectivity index (χ3v) is 5.02. The molecule has 0 aliphatic rings. The van der Waals surface area contributed by atoms with Crippen LogP contribution in [0.15, 0.2) is 9.14 Å². The summed E-state index contributed by atoms with van der Waals surface area (Å²) in [5.41, 5.74) is 0. The summed E-state index contributed by atoms with van der Waals surface area (Å²) >= 11 is 3.57. The molecule has 12 heavy (non-hydrogen) atoms. The summed E-state index contributed by atoms with van der Waals surface area (Å²) in [6.07, 6.45) is 1.74. The Kier molecular flexibility index (Phi) is 7.38. The van der Waals surface area contributed by atoms with Gasteiger partial charge in [-0.05, 0) is 18.4 Å². The molecule has 0 bridgehead atoms. The minimum absolute atomic E-state index is 0.805. The van der Waals surface area contributed by atoms with Crippen LogP contribution >= 0.6 is 23.5 Å². The Hall–Kier alpha value is 0.590. The van der Waals surface area contributed by atoms with E-state index in [0.29, 0.717) is 0 Å². The molecule has 0 aliphatic carbocycles. The van der Waals surface area contributed by atoms with Gasteiger partial charge in [-0.1, -0.05) is 13.8 Å². The van der Waals surface area contributed by atoms with Gasteiger partial charge in [0.25, 0.3) is 0 Å². The smallest absolute Gasteiger partial charge is 0.0518 e. The van der Waals surface area contributed by atoms with Gasteiger partial charge >= 0.3 is 0 Å². The quantitative estimate of drug-likeness (QED) is 0.714. The topological polar surface area (TPSA) is 17.1 Å². The molecular formula is C8H16OS3. The van der Waals surface area contributed by atoms with Crippen LogP contribution in [0, 0.1) is 0 Å². The van der Waals surface area contributed by atoms with E-state index >= 15 is 0 Å². The van der Waals surface area contributed by atoms with E-state index in [4.69, 9.17) is 0 Å². The SMILES string of the molecule is CCSC(SCC)=C(C)S(C)=O. The first-order valence-electron chi connectivity index (χ1n) is 3.93. The molecule has 4 heteroatoms. The normalized spacial score (nSPS) is 12.7. The maximum absolute atomic E-state index is 11.2. The van der Waals surface area contributed by atoms with Crippen molar-refractivity contribution in [3.63, 3.8) is 0 Å². The lowest BCUT2D eigenvalue weighted by atomic mass is 10.7. The van der Waals surface area contributed by atoms with Crippen molar-refractivity contribution >= 4 is 34.3 Å². The van der Waals surface area contributed by atoms with E-state index < -0.39 is 10.8 Å². The Labute approximate surface area is 86.2 Å². The van der Waals surface area contributed by atoms with Crippen molar-refractivity contribution in [2.24, 2.45) is 0 Å². The number of allylic oxidation sites excluding steroid dienone is 1. The van der Waals surface area contributed by atoms with Gasteiger partial charge in [0.2, 0.25) is 0 Å². The van der Waals surface area contributed by atoms with Gasteiger partial charge in [-0.25, -0.2) is 0 Å². The van der Waals surface area contributed by atoms with Gasteiger partial charge in [0.15, 0.2) is 0 Å². The van der Waals surface area contributed by atoms with Crippen molar-refractivity contribution in [2.45, 2.75) is 20.8 Å². The van der Waals surface area contributed by atoms with Gasteiger partial charge < -0.3 is 0 Å². The molecule has 0 aromatic rings. The third kappa shape index (κ3) is 4.58. The second kappa shape index (κ2) is 7.04. The zero-order valence-electron chi connectivity index (χ0n) is 8.05. The van der Waals surface area contributed by atoms with Crippen LogP contribution in [0.3, 0.4) is 0 Å². The van der Waals surface area contributed by atoms with Gasteiger partial charge in [0.1, 0.15) is 0 Å². The Morgan fingerprint density at radius 1 is 1.25 bits per heavy atom. The van der Waals surface area contributed by atoms with Gasteiger partial charge in [0.05, 0.1) is 4.24 Å². The van der Waals surface area contributed by atoms with Crippen LogP contribution in [0.4, 0.5) is 0 Å². The summed E-state index contributed by atoms with van der Waals surface area (Å²) in [7, 11) is -0.805. The first-order valence-corrected chi connectivity index (χ1v) is 7.46. The van der Waals surface area contributed by atoms with E-state index in [1.165, 1.54) is 4.24 Å². The molecular weight excluding hydrogens is 208 g/mol. The second-order valence-corrected chi connectivity index (χ2v) is 6.49. The number of hydrogen-bond acceptors (Lipinski definition) is 3. The van der Waals surface area contributed by atoms with Crippen molar-refractivity contribution in [3.8, 4) is 0 Å². The Balaban J connectivity index is 4.43. The molecule has 0 N–H and O–H groups in total. The van der Waals surface area contributed by atoms with E-state index in [1.54, 1.807) is 29.8 Å². The monoisotopic (exact) mass is 224 g/mol. The highest BCUT2D eigenvalue weighted by Crippen LogP contribution is 2.31. The molecule has 0 saturated carbocycles. The van der Waals surface area contributed by atoms with E-state index in [-0.39, 0.29) is 0 Å². The van der Waals surface area contributed by atoms with Crippen LogP contribution in [-0.2, 0) is 10.8 Å². The highest BCUT2D eigenvalue weighted by atomic mass is 32.2. The first-order chi connectivity index (χ1) is 5.63. The minimum Gasteiger partial charge on any atom is -0.255 e. The number of thioether (sulfide) groups is 2. The zero-order valence-corrected chi connectivity index (χ0v) is 10.5. The fourth-order valence-electron chi connectivity index (χ4n) is 0.624. The third-order valence-electron chi connectivity index (χ3n) is 1.27. The van der Waals surface area contributed by atoms with Crippen molar-refractivity contribution in [2.75, 3.05) is 17.8 Å². The lowest BCUT2D eigenvalue weighted by Gasteiger charge is -2.06. The van der Waals surface area contributed by atoms with Crippen LogP contribution in [-0.4, -0.2) is 22.0 Å². The zero-order chi connectivity index (χ0) is 9.56. The highest BCUT2D eigenvalue weighted by Gasteiger charge is 2.05. The van der Waals surface area contributed by atoms with Gasteiger partial charge in [-0.3, -0.25) is 4.21 Å². The van der Waals surface area contributed by atoms with E-state index in [0.717, 1.165) is 16.4 Å². The van der Waals surface area contributed by atoms with Gasteiger partial charge in [-0.15, -0.1) is 23.5 Å². The number of rotatable bonds is 5. The van der Waals surface area contributed by atoms with Crippen molar-refractivity contribution in [1.82, 2.24) is 0 Å². The molecule has 0 heterocycles. The minimum atomic E-state index is -0.805. The van der Waals surface area contributed by atoms with Crippen LogP contribution in [0.1, 0.15) is 20.8 Å². The van der Waals surface area contributed by atoms with E-state index in [1.807, 2.05) is 6.92 Å². The van der Waals surface area contributed by atoms with Gasteiger partial charge in [0, 0.05) is 22.0 Å². The highest BCUT2D eigenvalue weighted by molar-refractivity contribution is 8.22. The molecule has 0 aromatic carbocycles. The molecule has 0 fully saturated rings. The molecule has 1 atom stereocenters. The molecule has 0 rings (SSSR count). The fourth-order valence-corrected chi connectivity index (χ4v) is 3.89. The number of hydrogen-bond donors (Lipinski definition) is 0. The van der Waals surface area contributed by atoms with Crippen molar-refractivity contribution in [1.29, 1.82) is 0 Å². The van der Waals surface area contributed by atoms with E-state index in [2.05, 4.69) is 13.8 Å². The van der Waals surface area contributed by atoms with Crippen molar-refractivity contribution < 1.29 is 4.21 Å². The summed E-state index contributed by atoms with van der Waals surface area (Å²) in [5.74, 6) is 2.10. The Bertz CT molecular complexity index is 179. The predicted molar refractivity (Wildman–Crippen MR) is 63.0 cm³/mol. The van der Waals surface area contributed by atoms with Crippen LogP contribution < -0.4 is 0 Å². The Morgan fingerprint density at radius 3 is 1.92 bits per heavy atom. The average Bonchev–Trinajstić information content (AvgIpc) is 2.03. The molecule has 0 aromatic heterocycles. The summed E-state index contributed by atoms with van der Waals surface area (Å²) in [6, 6.07) is 0. The molecule has 0 aliphatic heterocycles. The molecule has 1 unspecified atom stereocenters. The summed E-state index contributed by atoms with van der Waals surface area (Å²) < 4.78 is 12.4. The summed E-state index contributed by atoms with van der Waals surface area (Å²) in [4.78, 5) is 1.02. The van der Waals surface area contributed by atoms with Crippen molar-refractivity contribution in [3.05, 3.63) is 9.14 Å². The van der Waals surface area contributed by atoms with Crippen LogP contribution in [0.5, 0.6) is 0 Å². The molecule has 0 radical (unpaired) electrons. The van der Waals surface area contributed by atoms with Gasteiger partial charge in [-0.2, -0.15) is 0 Å². The van der Waals surface area contributed by atoms with Crippen LogP contribution in [0.25, 0.3) is 0 Å². The molecule has 0 amide bonds. The maximum atomic E-state index is 11.2. The largest absolute Gasteiger partial charge is 0.255 e. The standard InChI is InChI=1S/C8H16OS3/c1-5-10-8(11-6-2)7(3)12(4)9/h5-6H2,1-4H3. The lowest BCUT2D eigenvalue weighted by molar-refractivity contribution is 0.690. The average molecular weight is 224 g/mol. The molecule has 0 spiro atoms. The first kappa shape index (κ1) is 12.6. The lowest BCUT2D eigenvalue weighted by Crippen LogP contribution is -1.90. The predicted octanol–water partition coefficient (Wildman–Crippen LogP) is 3.06. The van der Waals surface area contributed by atoms with Crippen LogP contribution in [0.2, 0.25) is 0 Å². The molecule has 72 valence electrons. The van der Waals surface area contributed by atoms with E-state index in [9.17, 15) is 4.21 Å². The summed E-state index contributed by atoms with van der Waals surface area (Å²) in [6.45, 7) is 6.19.